The zero-order chi connectivity index (χ0) is 14.8. The van der Waals surface area contributed by atoms with Crippen LogP contribution in [0.15, 0.2) is 36.4 Å². The van der Waals surface area contributed by atoms with Gasteiger partial charge in [-0.1, -0.05) is 6.07 Å². The van der Waals surface area contributed by atoms with Crippen molar-refractivity contribution in [2.75, 3.05) is 0 Å². The van der Waals surface area contributed by atoms with Crippen molar-refractivity contribution in [3.63, 3.8) is 0 Å². The van der Waals surface area contributed by atoms with Gasteiger partial charge in [0.2, 0.25) is 5.95 Å². The Morgan fingerprint density at radius 3 is 2.81 bits per heavy atom. The molecule has 0 unspecified atom stereocenters. The van der Waals surface area contributed by atoms with Crippen molar-refractivity contribution in [2.24, 2.45) is 0 Å². The molecule has 0 fully saturated rings. The fourth-order valence-corrected chi connectivity index (χ4v) is 2.20. The first-order chi connectivity index (χ1) is 10.2. The Kier molecular flexibility index (Phi) is 3.75. The van der Waals surface area contributed by atoms with E-state index in [0.717, 1.165) is 16.6 Å². The summed E-state index contributed by atoms with van der Waals surface area (Å²) in [5.74, 6) is -0.682. The van der Waals surface area contributed by atoms with Gasteiger partial charge in [0.15, 0.2) is 11.6 Å². The lowest BCUT2D eigenvalue weighted by molar-refractivity contribution is 0.285. The summed E-state index contributed by atoms with van der Waals surface area (Å²) in [7, 11) is 0. The molecule has 2 aromatic heterocycles. The Morgan fingerprint density at radius 1 is 1.19 bits per heavy atom. The van der Waals surface area contributed by atoms with Gasteiger partial charge in [0.25, 0.3) is 0 Å². The van der Waals surface area contributed by atoms with Crippen molar-refractivity contribution in [1.82, 2.24) is 9.97 Å². The first-order valence-electron chi connectivity index (χ1n) is 6.27. The minimum Gasteiger partial charge on any atom is -0.484 e. The van der Waals surface area contributed by atoms with Crippen LogP contribution < -0.4 is 4.74 Å². The van der Waals surface area contributed by atoms with Crippen molar-refractivity contribution in [3.8, 4) is 5.75 Å². The van der Waals surface area contributed by atoms with Crippen molar-refractivity contribution in [3.05, 3.63) is 59.6 Å². The van der Waals surface area contributed by atoms with Crippen LogP contribution in [0.2, 0.25) is 0 Å². The maximum Gasteiger partial charge on any atom is 0.213 e. The number of aromatic nitrogens is 2. The summed E-state index contributed by atoms with van der Waals surface area (Å²) in [5, 5.41) is 0.722. The lowest BCUT2D eigenvalue weighted by Gasteiger charge is -2.07. The summed E-state index contributed by atoms with van der Waals surface area (Å²) < 4.78 is 32.3. The van der Waals surface area contributed by atoms with Gasteiger partial charge in [-0.2, -0.15) is 4.39 Å². The van der Waals surface area contributed by atoms with Gasteiger partial charge in [0.05, 0.1) is 11.6 Å². The van der Waals surface area contributed by atoms with E-state index in [1.807, 2.05) is 0 Å². The zero-order valence-corrected chi connectivity index (χ0v) is 11.6. The number of nitrogens with zero attached hydrogens (tertiary/aromatic N) is 1. The fraction of sp³-hybridized carbons (Fsp3) is 0.133. The summed E-state index contributed by atoms with van der Waals surface area (Å²) in [6, 6.07) is 9.08. The van der Waals surface area contributed by atoms with E-state index in [9.17, 15) is 8.78 Å². The van der Waals surface area contributed by atoms with Crippen LogP contribution in [-0.2, 0) is 12.5 Å². The molecule has 0 bridgehead atoms. The molecule has 0 radical (unpaired) electrons. The highest BCUT2D eigenvalue weighted by Crippen LogP contribution is 2.26. The molecule has 3 nitrogen and oxygen atoms in total. The molecule has 1 aromatic carbocycles. The van der Waals surface area contributed by atoms with E-state index in [1.165, 1.54) is 18.2 Å². The number of fused-ring (bicyclic) bond motifs is 1. The molecule has 6 heteroatoms. The van der Waals surface area contributed by atoms with Gasteiger partial charge in [-0.25, -0.2) is 9.37 Å². The number of rotatable bonds is 4. The van der Waals surface area contributed by atoms with Crippen LogP contribution in [0.25, 0.3) is 10.9 Å². The molecule has 2 heterocycles. The van der Waals surface area contributed by atoms with E-state index in [4.69, 9.17) is 16.3 Å². The summed E-state index contributed by atoms with van der Waals surface area (Å²) >= 11 is 5.73. The minimum atomic E-state index is -0.594. The maximum absolute atomic E-state index is 13.9. The van der Waals surface area contributed by atoms with E-state index in [-0.39, 0.29) is 12.4 Å². The molecule has 3 rings (SSSR count). The Morgan fingerprint density at radius 2 is 2.05 bits per heavy atom. The SMILES string of the molecule is Fc1cccc(COc2cc3[nH]c(CCl)cc3cc2F)n1. The number of H-pyrrole nitrogens is 1. The molecule has 0 aliphatic rings. The minimum absolute atomic E-state index is 0.0107. The number of aromatic amines is 1. The molecule has 0 spiro atoms. The van der Waals surface area contributed by atoms with Crippen LogP contribution in [0.4, 0.5) is 8.78 Å². The van der Waals surface area contributed by atoms with Crippen LogP contribution in [0, 0.1) is 11.8 Å². The number of halogens is 3. The van der Waals surface area contributed by atoms with Crippen molar-refractivity contribution < 1.29 is 13.5 Å². The highest BCUT2D eigenvalue weighted by atomic mass is 35.5. The Balaban J connectivity index is 1.84. The predicted molar refractivity (Wildman–Crippen MR) is 76.3 cm³/mol. The first-order valence-corrected chi connectivity index (χ1v) is 6.80. The van der Waals surface area contributed by atoms with Crippen molar-refractivity contribution in [2.45, 2.75) is 12.5 Å². The molecule has 0 aliphatic heterocycles. The van der Waals surface area contributed by atoms with Crippen molar-refractivity contribution >= 4 is 22.5 Å². The molecular weight excluding hydrogens is 298 g/mol. The molecule has 0 aliphatic carbocycles. The Labute approximate surface area is 124 Å². The lowest BCUT2D eigenvalue weighted by atomic mass is 10.2. The third-order valence-electron chi connectivity index (χ3n) is 3.02. The average Bonchev–Trinajstić information content (AvgIpc) is 2.86. The normalized spacial score (nSPS) is 11.0. The predicted octanol–water partition coefficient (Wildman–Crippen LogP) is 4.16. The largest absolute Gasteiger partial charge is 0.484 e. The summed E-state index contributed by atoms with van der Waals surface area (Å²) in [6.07, 6.45) is 0. The van der Waals surface area contributed by atoms with Crippen molar-refractivity contribution in [1.29, 1.82) is 0 Å². The van der Waals surface area contributed by atoms with Gasteiger partial charge in [-0.3, -0.25) is 0 Å². The second kappa shape index (κ2) is 5.69. The summed E-state index contributed by atoms with van der Waals surface area (Å²) in [6.45, 7) is -0.0107. The molecular formula is C15H11ClF2N2O. The molecule has 0 amide bonds. The molecule has 3 aromatic rings. The highest BCUT2D eigenvalue weighted by molar-refractivity contribution is 6.17. The lowest BCUT2D eigenvalue weighted by Crippen LogP contribution is -2.00. The standard InChI is InChI=1S/C15H11ClF2N2O/c16-7-11-4-9-5-12(17)14(6-13(9)19-11)21-8-10-2-1-3-15(18)20-10/h1-6,19H,7-8H2. The molecule has 108 valence electrons. The second-order valence-electron chi connectivity index (χ2n) is 4.54. The Bertz CT molecular complexity index is 788. The number of hydrogen-bond acceptors (Lipinski definition) is 2. The van der Waals surface area contributed by atoms with E-state index in [1.54, 1.807) is 18.2 Å². The van der Waals surface area contributed by atoms with Crippen LogP contribution in [-0.4, -0.2) is 9.97 Å². The van der Waals surface area contributed by atoms with Crippen LogP contribution in [0.3, 0.4) is 0 Å². The molecule has 21 heavy (non-hydrogen) atoms. The topological polar surface area (TPSA) is 37.9 Å². The highest BCUT2D eigenvalue weighted by Gasteiger charge is 2.09. The van der Waals surface area contributed by atoms with Gasteiger partial charge >= 0.3 is 0 Å². The van der Waals surface area contributed by atoms with Gasteiger partial charge in [-0.05, 0) is 24.3 Å². The molecule has 0 atom stereocenters. The second-order valence-corrected chi connectivity index (χ2v) is 4.81. The van der Waals surface area contributed by atoms with Gasteiger partial charge in [0, 0.05) is 22.7 Å². The van der Waals surface area contributed by atoms with E-state index in [0.29, 0.717) is 11.6 Å². The molecule has 0 saturated heterocycles. The van der Waals surface area contributed by atoms with Crippen LogP contribution in [0.5, 0.6) is 5.75 Å². The summed E-state index contributed by atoms with van der Waals surface area (Å²) in [4.78, 5) is 6.72. The number of nitrogens with one attached hydrogen (secondary N) is 1. The van der Waals surface area contributed by atoms with E-state index < -0.39 is 11.8 Å². The third-order valence-corrected chi connectivity index (χ3v) is 3.31. The zero-order valence-electron chi connectivity index (χ0n) is 10.9. The number of pyridine rings is 1. The maximum atomic E-state index is 13.9. The monoisotopic (exact) mass is 308 g/mol. The number of alkyl halides is 1. The van der Waals surface area contributed by atoms with Crippen LogP contribution in [0.1, 0.15) is 11.4 Å². The fourth-order valence-electron chi connectivity index (χ4n) is 2.06. The average molecular weight is 309 g/mol. The number of ether oxygens (including phenoxy) is 1. The molecule has 1 N–H and O–H groups in total. The van der Waals surface area contributed by atoms with Gasteiger partial charge in [-0.15, -0.1) is 11.6 Å². The van der Waals surface area contributed by atoms with Crippen LogP contribution >= 0.6 is 11.6 Å². The number of hydrogen-bond donors (Lipinski definition) is 1. The number of benzene rings is 1. The Hall–Kier alpha value is -2.14. The smallest absolute Gasteiger partial charge is 0.213 e. The van der Waals surface area contributed by atoms with Gasteiger partial charge < -0.3 is 9.72 Å². The first kappa shape index (κ1) is 13.8. The van der Waals surface area contributed by atoms with E-state index >= 15 is 0 Å². The molecule has 0 saturated carbocycles. The third kappa shape index (κ3) is 2.97. The van der Waals surface area contributed by atoms with Gasteiger partial charge in [0.1, 0.15) is 6.61 Å². The summed E-state index contributed by atoms with van der Waals surface area (Å²) in [5.41, 5.74) is 1.92. The van der Waals surface area contributed by atoms with E-state index in [2.05, 4.69) is 9.97 Å². The quantitative estimate of drug-likeness (QED) is 0.580.